The van der Waals surface area contributed by atoms with Crippen molar-refractivity contribution in [3.8, 4) is 0 Å². The minimum atomic E-state index is -0.0868. The van der Waals surface area contributed by atoms with Gasteiger partial charge in [0, 0.05) is 13.0 Å². The minimum absolute atomic E-state index is 0.0868. The van der Waals surface area contributed by atoms with Crippen LogP contribution in [0.2, 0.25) is 0 Å². The van der Waals surface area contributed by atoms with Crippen LogP contribution in [-0.4, -0.2) is 47.1 Å². The van der Waals surface area contributed by atoms with Gasteiger partial charge in [-0.05, 0) is 56.5 Å². The lowest BCUT2D eigenvalue weighted by Gasteiger charge is -2.44. The van der Waals surface area contributed by atoms with Gasteiger partial charge in [-0.15, -0.1) is 0 Å². The molecule has 0 amide bonds. The number of ether oxygens (including phenoxy) is 2. The standard InChI is InChI=1S/C15H26O3S/c16-12-1-3-13(4-2-12)18-14-5-8-17-15(11-14)6-9-19-10-7-15/h12-14,16H,1-11H2. The van der Waals surface area contributed by atoms with E-state index in [1.165, 1.54) is 24.3 Å². The Balaban J connectivity index is 1.50. The molecule has 1 unspecified atom stereocenters. The van der Waals surface area contributed by atoms with Crippen molar-refractivity contribution >= 4 is 11.8 Å². The quantitative estimate of drug-likeness (QED) is 0.847. The zero-order chi connectivity index (χ0) is 13.1. The molecule has 1 N–H and O–H groups in total. The van der Waals surface area contributed by atoms with Gasteiger partial charge in [0.15, 0.2) is 0 Å². The van der Waals surface area contributed by atoms with Crippen LogP contribution in [0.4, 0.5) is 0 Å². The van der Waals surface area contributed by atoms with Crippen LogP contribution in [0.15, 0.2) is 0 Å². The molecular weight excluding hydrogens is 260 g/mol. The van der Waals surface area contributed by atoms with Crippen LogP contribution in [0, 0.1) is 0 Å². The lowest BCUT2D eigenvalue weighted by atomic mass is 9.86. The van der Waals surface area contributed by atoms with E-state index in [0.29, 0.717) is 12.2 Å². The zero-order valence-corrected chi connectivity index (χ0v) is 12.5. The number of aliphatic hydroxyl groups excluding tert-OH is 1. The Kier molecular flexibility index (Phi) is 4.73. The first kappa shape index (κ1) is 14.2. The van der Waals surface area contributed by atoms with E-state index in [1.807, 2.05) is 0 Å². The van der Waals surface area contributed by atoms with Crippen LogP contribution in [-0.2, 0) is 9.47 Å². The van der Waals surface area contributed by atoms with E-state index in [0.717, 1.165) is 45.1 Å². The van der Waals surface area contributed by atoms with Crippen LogP contribution < -0.4 is 0 Å². The molecule has 19 heavy (non-hydrogen) atoms. The molecule has 1 atom stereocenters. The summed E-state index contributed by atoms with van der Waals surface area (Å²) in [6.07, 6.45) is 9.09. The SMILES string of the molecule is OC1CCC(OC2CCOC3(CCSCC3)C2)CC1. The molecule has 0 radical (unpaired) electrons. The normalized spacial score (nSPS) is 39.3. The predicted octanol–water partition coefficient (Wildman–Crippen LogP) is 2.75. The lowest BCUT2D eigenvalue weighted by Crippen LogP contribution is -2.46. The van der Waals surface area contributed by atoms with E-state index < -0.39 is 0 Å². The van der Waals surface area contributed by atoms with Crippen LogP contribution >= 0.6 is 11.8 Å². The largest absolute Gasteiger partial charge is 0.393 e. The van der Waals surface area contributed by atoms with Crippen molar-refractivity contribution in [1.82, 2.24) is 0 Å². The number of hydrogen-bond acceptors (Lipinski definition) is 4. The molecule has 3 fully saturated rings. The fourth-order valence-electron chi connectivity index (χ4n) is 3.64. The van der Waals surface area contributed by atoms with Crippen molar-refractivity contribution in [2.75, 3.05) is 18.1 Å². The molecular formula is C15H26O3S. The summed E-state index contributed by atoms with van der Waals surface area (Å²) in [7, 11) is 0. The van der Waals surface area contributed by atoms with Crippen LogP contribution in [0.5, 0.6) is 0 Å². The van der Waals surface area contributed by atoms with Gasteiger partial charge in [0.1, 0.15) is 0 Å². The van der Waals surface area contributed by atoms with Crippen molar-refractivity contribution in [2.45, 2.75) is 75.3 Å². The zero-order valence-electron chi connectivity index (χ0n) is 11.7. The number of hydrogen-bond donors (Lipinski definition) is 1. The van der Waals surface area contributed by atoms with E-state index in [4.69, 9.17) is 9.47 Å². The van der Waals surface area contributed by atoms with Crippen molar-refractivity contribution in [3.63, 3.8) is 0 Å². The summed E-state index contributed by atoms with van der Waals surface area (Å²) in [5.41, 5.74) is 0.127. The smallest absolute Gasteiger partial charge is 0.0723 e. The third-order valence-corrected chi connectivity index (χ3v) is 5.87. The van der Waals surface area contributed by atoms with Crippen LogP contribution in [0.3, 0.4) is 0 Å². The maximum Gasteiger partial charge on any atom is 0.0723 e. The third kappa shape index (κ3) is 3.66. The van der Waals surface area contributed by atoms with Gasteiger partial charge in [0.25, 0.3) is 0 Å². The molecule has 4 heteroatoms. The van der Waals surface area contributed by atoms with Crippen molar-refractivity contribution in [2.24, 2.45) is 0 Å². The maximum absolute atomic E-state index is 9.55. The van der Waals surface area contributed by atoms with Gasteiger partial charge in [-0.2, -0.15) is 11.8 Å². The highest BCUT2D eigenvalue weighted by Gasteiger charge is 2.40. The fraction of sp³-hybridized carbons (Fsp3) is 1.00. The predicted molar refractivity (Wildman–Crippen MR) is 77.6 cm³/mol. The highest BCUT2D eigenvalue weighted by Crippen LogP contribution is 2.39. The van der Waals surface area contributed by atoms with Gasteiger partial charge in [-0.25, -0.2) is 0 Å². The molecule has 1 saturated carbocycles. The van der Waals surface area contributed by atoms with E-state index in [-0.39, 0.29) is 11.7 Å². The van der Waals surface area contributed by atoms with Gasteiger partial charge < -0.3 is 14.6 Å². The molecule has 3 rings (SSSR count). The first-order valence-corrected chi connectivity index (χ1v) is 8.96. The van der Waals surface area contributed by atoms with Crippen molar-refractivity contribution in [1.29, 1.82) is 0 Å². The lowest BCUT2D eigenvalue weighted by molar-refractivity contribution is -0.156. The molecule has 2 heterocycles. The van der Waals surface area contributed by atoms with Gasteiger partial charge in [-0.1, -0.05) is 0 Å². The molecule has 1 spiro atoms. The Hall–Kier alpha value is 0.230. The second-order valence-electron chi connectivity index (χ2n) is 6.33. The summed E-state index contributed by atoms with van der Waals surface area (Å²) >= 11 is 2.05. The second kappa shape index (κ2) is 6.33. The molecule has 2 saturated heterocycles. The maximum atomic E-state index is 9.55. The second-order valence-corrected chi connectivity index (χ2v) is 7.55. The highest BCUT2D eigenvalue weighted by molar-refractivity contribution is 7.99. The van der Waals surface area contributed by atoms with E-state index >= 15 is 0 Å². The fourth-order valence-corrected chi connectivity index (χ4v) is 4.88. The number of aliphatic hydroxyl groups is 1. The summed E-state index contributed by atoms with van der Waals surface area (Å²) in [4.78, 5) is 0. The topological polar surface area (TPSA) is 38.7 Å². The minimum Gasteiger partial charge on any atom is -0.393 e. The van der Waals surface area contributed by atoms with Crippen LogP contribution in [0.1, 0.15) is 51.4 Å². The molecule has 3 nitrogen and oxygen atoms in total. The molecule has 0 aromatic carbocycles. The summed E-state index contributed by atoms with van der Waals surface area (Å²) < 4.78 is 12.4. The number of rotatable bonds is 2. The van der Waals surface area contributed by atoms with Gasteiger partial charge >= 0.3 is 0 Å². The summed E-state index contributed by atoms with van der Waals surface area (Å²) in [5, 5.41) is 9.55. The molecule has 0 aromatic heterocycles. The van der Waals surface area contributed by atoms with Crippen molar-refractivity contribution < 1.29 is 14.6 Å². The molecule has 110 valence electrons. The van der Waals surface area contributed by atoms with Gasteiger partial charge in [-0.3, -0.25) is 0 Å². The Morgan fingerprint density at radius 2 is 1.74 bits per heavy atom. The first-order valence-electron chi connectivity index (χ1n) is 7.81. The summed E-state index contributed by atoms with van der Waals surface area (Å²) in [5.74, 6) is 2.48. The summed E-state index contributed by atoms with van der Waals surface area (Å²) in [6, 6.07) is 0. The molecule has 1 aliphatic carbocycles. The summed E-state index contributed by atoms with van der Waals surface area (Å²) in [6.45, 7) is 0.866. The Morgan fingerprint density at radius 1 is 1.00 bits per heavy atom. The average Bonchev–Trinajstić information content (AvgIpc) is 2.42. The third-order valence-electron chi connectivity index (χ3n) is 4.88. The van der Waals surface area contributed by atoms with E-state index in [9.17, 15) is 5.11 Å². The Morgan fingerprint density at radius 3 is 2.47 bits per heavy atom. The van der Waals surface area contributed by atoms with E-state index in [1.54, 1.807) is 0 Å². The monoisotopic (exact) mass is 286 g/mol. The van der Waals surface area contributed by atoms with Gasteiger partial charge in [0.2, 0.25) is 0 Å². The highest BCUT2D eigenvalue weighted by atomic mass is 32.2. The molecule has 0 aromatic rings. The Labute approximate surface area is 120 Å². The van der Waals surface area contributed by atoms with Crippen LogP contribution in [0.25, 0.3) is 0 Å². The number of thioether (sulfide) groups is 1. The van der Waals surface area contributed by atoms with E-state index in [2.05, 4.69) is 11.8 Å². The molecule has 0 bridgehead atoms. The van der Waals surface area contributed by atoms with Gasteiger partial charge in [0.05, 0.1) is 23.9 Å². The molecule has 3 aliphatic rings. The van der Waals surface area contributed by atoms with Crippen molar-refractivity contribution in [3.05, 3.63) is 0 Å². The molecule has 2 aliphatic heterocycles. The Bertz CT molecular complexity index is 278. The average molecular weight is 286 g/mol. The first-order chi connectivity index (χ1) is 9.26.